The lowest BCUT2D eigenvalue weighted by atomic mass is 10.2. The number of nitrogens with zero attached hydrogens (tertiary/aromatic N) is 1. The summed E-state index contributed by atoms with van der Waals surface area (Å²) in [6.45, 7) is 4.00. The third-order valence-electron chi connectivity index (χ3n) is 0.989. The normalized spacial score (nSPS) is 10.7. The van der Waals surface area contributed by atoms with Gasteiger partial charge in [0.1, 0.15) is 0 Å². The summed E-state index contributed by atoms with van der Waals surface area (Å²) in [4.78, 5) is 3.86. The lowest BCUT2D eigenvalue weighted by molar-refractivity contribution is 0.653. The van der Waals surface area contributed by atoms with Gasteiger partial charge in [0.2, 0.25) is 0 Å². The highest BCUT2D eigenvalue weighted by atomic mass is 32.1. The Balaban J connectivity index is 2.85. The first-order valence-electron chi connectivity index (χ1n) is 2.81. The first kappa shape index (κ1) is 6.68. The average molecular weight is 145 g/mol. The summed E-state index contributed by atoms with van der Waals surface area (Å²) < 4.78 is 12.2. The van der Waals surface area contributed by atoms with E-state index in [-0.39, 0.29) is 5.13 Å². The van der Waals surface area contributed by atoms with Gasteiger partial charge < -0.3 is 0 Å². The summed E-state index contributed by atoms with van der Waals surface area (Å²) in [5.41, 5.74) is 0. The molecule has 0 radical (unpaired) electrons. The van der Waals surface area contributed by atoms with Gasteiger partial charge in [0.25, 0.3) is 0 Å². The number of aromatic nitrogens is 1. The van der Waals surface area contributed by atoms with Crippen molar-refractivity contribution in [2.75, 3.05) is 0 Å². The van der Waals surface area contributed by atoms with Gasteiger partial charge in [-0.2, -0.15) is 4.39 Å². The van der Waals surface area contributed by atoms with Crippen LogP contribution in [-0.4, -0.2) is 4.98 Å². The van der Waals surface area contributed by atoms with Crippen molar-refractivity contribution < 1.29 is 4.39 Å². The average Bonchev–Trinajstić information content (AvgIpc) is 2.14. The molecule has 0 spiro atoms. The topological polar surface area (TPSA) is 12.9 Å². The lowest BCUT2D eigenvalue weighted by Gasteiger charge is -1.93. The lowest BCUT2D eigenvalue weighted by Crippen LogP contribution is -1.81. The molecule has 1 heterocycles. The van der Waals surface area contributed by atoms with Crippen LogP contribution in [0.2, 0.25) is 0 Å². The Kier molecular flexibility index (Phi) is 1.81. The van der Waals surface area contributed by atoms with Crippen LogP contribution in [0.3, 0.4) is 0 Å². The summed E-state index contributed by atoms with van der Waals surface area (Å²) in [5.74, 6) is 0.347. The molecule has 0 saturated carbocycles. The molecular formula is C6H8FNS. The van der Waals surface area contributed by atoms with E-state index >= 15 is 0 Å². The zero-order chi connectivity index (χ0) is 6.85. The molecule has 0 aliphatic heterocycles. The van der Waals surface area contributed by atoms with Crippen molar-refractivity contribution in [2.45, 2.75) is 19.8 Å². The minimum Gasteiger partial charge on any atom is -0.246 e. The van der Waals surface area contributed by atoms with E-state index in [0.29, 0.717) is 5.92 Å². The fourth-order valence-electron chi connectivity index (χ4n) is 0.534. The molecule has 0 aliphatic carbocycles. The highest BCUT2D eigenvalue weighted by Gasteiger charge is 2.03. The van der Waals surface area contributed by atoms with Crippen molar-refractivity contribution in [3.63, 3.8) is 0 Å². The van der Waals surface area contributed by atoms with Crippen LogP contribution in [0.25, 0.3) is 0 Å². The van der Waals surface area contributed by atoms with Crippen LogP contribution in [0, 0.1) is 5.13 Å². The quantitative estimate of drug-likeness (QED) is 0.591. The van der Waals surface area contributed by atoms with E-state index < -0.39 is 0 Å². The van der Waals surface area contributed by atoms with Crippen LogP contribution in [0.5, 0.6) is 0 Å². The number of hydrogen-bond acceptors (Lipinski definition) is 2. The van der Waals surface area contributed by atoms with Gasteiger partial charge in [-0.1, -0.05) is 25.2 Å². The van der Waals surface area contributed by atoms with E-state index in [0.717, 1.165) is 16.3 Å². The molecule has 0 unspecified atom stereocenters. The Labute approximate surface area is 57.6 Å². The Morgan fingerprint density at radius 3 is 2.56 bits per heavy atom. The highest BCUT2D eigenvalue weighted by molar-refractivity contribution is 7.10. The second kappa shape index (κ2) is 2.43. The first-order chi connectivity index (χ1) is 4.20. The van der Waals surface area contributed by atoms with Gasteiger partial charge in [0.15, 0.2) is 5.13 Å². The molecule has 0 aliphatic rings. The van der Waals surface area contributed by atoms with Crippen molar-refractivity contribution in [1.29, 1.82) is 0 Å². The van der Waals surface area contributed by atoms with Crippen molar-refractivity contribution in [3.05, 3.63) is 16.3 Å². The third-order valence-corrected chi connectivity index (χ3v) is 2.08. The summed E-state index contributed by atoms with van der Waals surface area (Å²) >= 11 is 1.12. The molecule has 0 amide bonds. The molecular weight excluding hydrogens is 137 g/mol. The standard InChI is InChI=1S/C6H8FNS/c1-4(2)6-8-3-5(7)9-6/h3-4H,1-2H3. The SMILES string of the molecule is CC(C)c1ncc(F)s1. The Morgan fingerprint density at radius 2 is 2.33 bits per heavy atom. The molecule has 0 bridgehead atoms. The van der Waals surface area contributed by atoms with Crippen molar-refractivity contribution >= 4 is 11.3 Å². The second-order valence-electron chi connectivity index (χ2n) is 2.16. The van der Waals surface area contributed by atoms with E-state index in [9.17, 15) is 4.39 Å². The molecule has 0 saturated heterocycles. The molecule has 50 valence electrons. The summed E-state index contributed by atoms with van der Waals surface area (Å²) in [6, 6.07) is 0. The Hall–Kier alpha value is -0.440. The predicted molar refractivity (Wildman–Crippen MR) is 36.2 cm³/mol. The van der Waals surface area contributed by atoms with E-state index in [1.54, 1.807) is 0 Å². The molecule has 9 heavy (non-hydrogen) atoms. The maximum atomic E-state index is 12.2. The molecule has 3 heteroatoms. The number of thiazole rings is 1. The fourth-order valence-corrected chi connectivity index (χ4v) is 1.18. The van der Waals surface area contributed by atoms with Crippen LogP contribution >= 0.6 is 11.3 Å². The highest BCUT2D eigenvalue weighted by Crippen LogP contribution is 2.18. The van der Waals surface area contributed by atoms with Gasteiger partial charge in [-0.15, -0.1) is 0 Å². The molecule has 0 N–H and O–H groups in total. The van der Waals surface area contributed by atoms with E-state index in [1.165, 1.54) is 6.20 Å². The minimum atomic E-state index is -0.196. The first-order valence-corrected chi connectivity index (χ1v) is 3.63. The van der Waals surface area contributed by atoms with Crippen LogP contribution in [-0.2, 0) is 0 Å². The molecule has 0 atom stereocenters. The zero-order valence-corrected chi connectivity index (χ0v) is 6.20. The van der Waals surface area contributed by atoms with E-state index in [4.69, 9.17) is 0 Å². The maximum Gasteiger partial charge on any atom is 0.196 e. The molecule has 0 fully saturated rings. The monoisotopic (exact) mass is 145 g/mol. The van der Waals surface area contributed by atoms with Gasteiger partial charge in [-0.05, 0) is 0 Å². The molecule has 1 aromatic rings. The summed E-state index contributed by atoms with van der Waals surface area (Å²) in [7, 11) is 0. The van der Waals surface area contributed by atoms with Crippen molar-refractivity contribution in [3.8, 4) is 0 Å². The van der Waals surface area contributed by atoms with Crippen molar-refractivity contribution in [1.82, 2.24) is 4.98 Å². The Morgan fingerprint density at radius 1 is 1.67 bits per heavy atom. The van der Waals surface area contributed by atoms with Gasteiger partial charge >= 0.3 is 0 Å². The molecule has 1 rings (SSSR count). The second-order valence-corrected chi connectivity index (χ2v) is 3.17. The van der Waals surface area contributed by atoms with Gasteiger partial charge in [0.05, 0.1) is 11.2 Å². The van der Waals surface area contributed by atoms with Crippen LogP contribution in [0.1, 0.15) is 24.8 Å². The minimum absolute atomic E-state index is 0.196. The van der Waals surface area contributed by atoms with E-state index in [2.05, 4.69) is 4.98 Å². The summed E-state index contributed by atoms with van der Waals surface area (Å²) in [6.07, 6.45) is 1.26. The van der Waals surface area contributed by atoms with Crippen LogP contribution in [0.4, 0.5) is 4.39 Å². The van der Waals surface area contributed by atoms with E-state index in [1.807, 2.05) is 13.8 Å². The number of halogens is 1. The number of hydrogen-bond donors (Lipinski definition) is 0. The largest absolute Gasteiger partial charge is 0.246 e. The maximum absolute atomic E-state index is 12.2. The predicted octanol–water partition coefficient (Wildman–Crippen LogP) is 2.41. The number of rotatable bonds is 1. The van der Waals surface area contributed by atoms with Crippen LogP contribution in [0.15, 0.2) is 6.20 Å². The Bertz CT molecular complexity index is 195. The van der Waals surface area contributed by atoms with Gasteiger partial charge in [-0.25, -0.2) is 4.98 Å². The smallest absolute Gasteiger partial charge is 0.196 e. The van der Waals surface area contributed by atoms with Gasteiger partial charge in [0, 0.05) is 5.92 Å². The molecule has 0 aromatic carbocycles. The van der Waals surface area contributed by atoms with Crippen LogP contribution < -0.4 is 0 Å². The summed E-state index contributed by atoms with van der Waals surface area (Å²) in [5, 5.41) is 0.672. The molecule has 1 aromatic heterocycles. The fraction of sp³-hybridized carbons (Fsp3) is 0.500. The molecule has 1 nitrogen and oxygen atoms in total. The zero-order valence-electron chi connectivity index (χ0n) is 5.39. The van der Waals surface area contributed by atoms with Gasteiger partial charge in [-0.3, -0.25) is 0 Å². The van der Waals surface area contributed by atoms with Crippen molar-refractivity contribution in [2.24, 2.45) is 0 Å². The third kappa shape index (κ3) is 1.48.